The molecule has 6 nitrogen and oxygen atoms in total. The fraction of sp³-hybridized carbons (Fsp3) is 0.455. The molecule has 0 spiro atoms. The summed E-state index contributed by atoms with van der Waals surface area (Å²) in [5.74, 6) is -0.628. The maximum atomic E-state index is 11.8. The molecule has 0 saturated heterocycles. The highest BCUT2D eigenvalue weighted by Gasteiger charge is 2.26. The molecule has 0 aliphatic heterocycles. The van der Waals surface area contributed by atoms with Crippen LogP contribution in [0.4, 0.5) is 0 Å². The van der Waals surface area contributed by atoms with Gasteiger partial charge in [0.15, 0.2) is 5.43 Å². The van der Waals surface area contributed by atoms with E-state index < -0.39 is 30.1 Å². The third-order valence-corrected chi connectivity index (χ3v) is 2.42. The Bertz CT molecular complexity index is 463. The van der Waals surface area contributed by atoms with Crippen LogP contribution in [0.3, 0.4) is 0 Å². The Labute approximate surface area is 98.3 Å². The molecule has 0 unspecified atom stereocenters. The Hall–Kier alpha value is -1.66. The SMILES string of the molecule is Cc1cc(=O)c(C(=O)NC(C)(CO)CO)c[nH]1. The van der Waals surface area contributed by atoms with E-state index in [1.165, 1.54) is 19.2 Å². The van der Waals surface area contributed by atoms with E-state index in [0.29, 0.717) is 5.69 Å². The number of carbonyl (C=O) groups excluding carboxylic acids is 1. The Balaban J connectivity index is 2.94. The zero-order valence-corrected chi connectivity index (χ0v) is 9.78. The van der Waals surface area contributed by atoms with Crippen molar-refractivity contribution in [3.63, 3.8) is 0 Å². The maximum Gasteiger partial charge on any atom is 0.257 e. The van der Waals surface area contributed by atoms with Crippen LogP contribution in [0.25, 0.3) is 0 Å². The molecule has 0 aliphatic carbocycles. The smallest absolute Gasteiger partial charge is 0.257 e. The molecule has 4 N–H and O–H groups in total. The number of hydrogen-bond donors (Lipinski definition) is 4. The molecule has 0 fully saturated rings. The van der Waals surface area contributed by atoms with Gasteiger partial charge in [-0.05, 0) is 13.8 Å². The molecule has 0 aliphatic rings. The lowest BCUT2D eigenvalue weighted by atomic mass is 10.0. The molecule has 1 rings (SSSR count). The van der Waals surface area contributed by atoms with Crippen LogP contribution in [0, 0.1) is 6.92 Å². The summed E-state index contributed by atoms with van der Waals surface area (Å²) in [6.45, 7) is 2.35. The summed E-state index contributed by atoms with van der Waals surface area (Å²) >= 11 is 0. The van der Waals surface area contributed by atoms with Gasteiger partial charge in [0.25, 0.3) is 5.91 Å². The molecule has 0 atom stereocenters. The van der Waals surface area contributed by atoms with E-state index in [4.69, 9.17) is 10.2 Å². The molecule has 1 aromatic heterocycles. The molecule has 0 radical (unpaired) electrons. The van der Waals surface area contributed by atoms with E-state index in [-0.39, 0.29) is 5.56 Å². The van der Waals surface area contributed by atoms with Crippen molar-refractivity contribution in [1.82, 2.24) is 10.3 Å². The number of pyridine rings is 1. The van der Waals surface area contributed by atoms with Crippen LogP contribution in [0.15, 0.2) is 17.1 Å². The zero-order chi connectivity index (χ0) is 13.1. The number of nitrogens with one attached hydrogen (secondary N) is 2. The molecule has 0 bridgehead atoms. The van der Waals surface area contributed by atoms with Crippen LogP contribution in [-0.4, -0.2) is 39.9 Å². The summed E-state index contributed by atoms with van der Waals surface area (Å²) in [6.07, 6.45) is 1.31. The highest BCUT2D eigenvalue weighted by Crippen LogP contribution is 2.02. The fourth-order valence-corrected chi connectivity index (χ4v) is 1.22. The van der Waals surface area contributed by atoms with Crippen molar-refractivity contribution in [3.05, 3.63) is 33.7 Å². The van der Waals surface area contributed by atoms with Crippen LogP contribution >= 0.6 is 0 Å². The first kappa shape index (κ1) is 13.4. The molecule has 1 amide bonds. The van der Waals surface area contributed by atoms with Crippen molar-refractivity contribution in [1.29, 1.82) is 0 Å². The molecular weight excluding hydrogens is 224 g/mol. The van der Waals surface area contributed by atoms with Crippen LogP contribution in [0.5, 0.6) is 0 Å². The first-order chi connectivity index (χ1) is 7.91. The summed E-state index contributed by atoms with van der Waals surface area (Å²) in [5, 5.41) is 20.5. The molecule has 0 saturated carbocycles. The quantitative estimate of drug-likeness (QED) is 0.551. The average molecular weight is 240 g/mol. The van der Waals surface area contributed by atoms with Crippen molar-refractivity contribution in [2.24, 2.45) is 0 Å². The third-order valence-electron chi connectivity index (χ3n) is 2.42. The number of amides is 1. The lowest BCUT2D eigenvalue weighted by molar-refractivity contribution is 0.0722. The first-order valence-corrected chi connectivity index (χ1v) is 5.15. The Kier molecular flexibility index (Phi) is 4.03. The van der Waals surface area contributed by atoms with Crippen LogP contribution in [0.1, 0.15) is 23.0 Å². The largest absolute Gasteiger partial charge is 0.394 e. The Morgan fingerprint density at radius 3 is 2.53 bits per heavy atom. The van der Waals surface area contributed by atoms with E-state index in [2.05, 4.69) is 10.3 Å². The van der Waals surface area contributed by atoms with Crippen LogP contribution in [0.2, 0.25) is 0 Å². The maximum absolute atomic E-state index is 11.8. The lowest BCUT2D eigenvalue weighted by Gasteiger charge is -2.25. The molecule has 1 heterocycles. The molecule has 17 heavy (non-hydrogen) atoms. The molecule has 0 aromatic carbocycles. The minimum absolute atomic E-state index is 0.0521. The van der Waals surface area contributed by atoms with Crippen molar-refractivity contribution >= 4 is 5.91 Å². The number of H-pyrrole nitrogens is 1. The number of aromatic nitrogens is 1. The molecule has 6 heteroatoms. The predicted octanol–water partition coefficient (Wildman–Crippen LogP) is -0.844. The van der Waals surface area contributed by atoms with Gasteiger partial charge in [-0.2, -0.15) is 0 Å². The second-order valence-corrected chi connectivity index (χ2v) is 4.22. The van der Waals surface area contributed by atoms with Gasteiger partial charge in [-0.25, -0.2) is 0 Å². The molecule has 1 aromatic rings. The number of aliphatic hydroxyl groups excluding tert-OH is 2. The van der Waals surface area contributed by atoms with Gasteiger partial charge in [0.1, 0.15) is 5.56 Å². The number of aromatic amines is 1. The summed E-state index contributed by atoms with van der Waals surface area (Å²) in [4.78, 5) is 26.1. The Morgan fingerprint density at radius 2 is 2.06 bits per heavy atom. The molecular formula is C11H16N2O4. The van der Waals surface area contributed by atoms with E-state index in [0.717, 1.165) is 0 Å². The van der Waals surface area contributed by atoms with E-state index >= 15 is 0 Å². The van der Waals surface area contributed by atoms with Crippen LogP contribution < -0.4 is 10.7 Å². The van der Waals surface area contributed by atoms with Gasteiger partial charge in [-0.3, -0.25) is 9.59 Å². The van der Waals surface area contributed by atoms with Gasteiger partial charge in [0.05, 0.1) is 18.8 Å². The second-order valence-electron chi connectivity index (χ2n) is 4.22. The van der Waals surface area contributed by atoms with Gasteiger partial charge in [0, 0.05) is 18.0 Å². The number of aryl methyl sites for hydroxylation is 1. The zero-order valence-electron chi connectivity index (χ0n) is 9.78. The summed E-state index contributed by atoms with van der Waals surface area (Å²) < 4.78 is 0. The monoisotopic (exact) mass is 240 g/mol. The van der Waals surface area contributed by atoms with Gasteiger partial charge >= 0.3 is 0 Å². The normalized spacial score (nSPS) is 11.3. The van der Waals surface area contributed by atoms with E-state index in [1.807, 2.05) is 0 Å². The third kappa shape index (κ3) is 3.15. The van der Waals surface area contributed by atoms with Crippen molar-refractivity contribution in [2.45, 2.75) is 19.4 Å². The molecule has 94 valence electrons. The predicted molar refractivity (Wildman–Crippen MR) is 61.8 cm³/mol. The van der Waals surface area contributed by atoms with Gasteiger partial charge in [-0.1, -0.05) is 0 Å². The van der Waals surface area contributed by atoms with Crippen LogP contribution in [-0.2, 0) is 0 Å². The van der Waals surface area contributed by atoms with Crippen molar-refractivity contribution in [3.8, 4) is 0 Å². The highest BCUT2D eigenvalue weighted by molar-refractivity contribution is 5.94. The summed E-state index contributed by atoms with van der Waals surface area (Å²) in [6, 6.07) is 1.31. The van der Waals surface area contributed by atoms with E-state index in [1.54, 1.807) is 6.92 Å². The van der Waals surface area contributed by atoms with Crippen molar-refractivity contribution in [2.75, 3.05) is 13.2 Å². The van der Waals surface area contributed by atoms with Gasteiger partial charge < -0.3 is 20.5 Å². The highest BCUT2D eigenvalue weighted by atomic mass is 16.3. The van der Waals surface area contributed by atoms with Gasteiger partial charge in [-0.15, -0.1) is 0 Å². The summed E-state index contributed by atoms with van der Waals surface area (Å²) in [5.41, 5.74) is -0.951. The fourth-order valence-electron chi connectivity index (χ4n) is 1.22. The minimum atomic E-state index is -1.14. The lowest BCUT2D eigenvalue weighted by Crippen LogP contribution is -2.52. The minimum Gasteiger partial charge on any atom is -0.394 e. The Morgan fingerprint density at radius 1 is 1.47 bits per heavy atom. The van der Waals surface area contributed by atoms with E-state index in [9.17, 15) is 9.59 Å². The topological polar surface area (TPSA) is 102 Å². The second kappa shape index (κ2) is 5.11. The number of aliphatic hydroxyl groups is 2. The number of hydrogen-bond acceptors (Lipinski definition) is 4. The summed E-state index contributed by atoms with van der Waals surface area (Å²) in [7, 11) is 0. The number of carbonyl (C=O) groups is 1. The average Bonchev–Trinajstić information content (AvgIpc) is 2.28. The van der Waals surface area contributed by atoms with Gasteiger partial charge in [0.2, 0.25) is 0 Å². The standard InChI is InChI=1S/C11H16N2O4/c1-7-3-9(16)8(4-12-7)10(17)13-11(2,5-14)6-15/h3-4,14-15H,5-6H2,1-2H3,(H,12,16)(H,13,17). The van der Waals surface area contributed by atoms with Crippen molar-refractivity contribution < 1.29 is 15.0 Å². The number of rotatable bonds is 4. The first-order valence-electron chi connectivity index (χ1n) is 5.15.